The first-order chi connectivity index (χ1) is 6.26. The lowest BCUT2D eigenvalue weighted by Gasteiger charge is -2.01. The summed E-state index contributed by atoms with van der Waals surface area (Å²) in [4.78, 5) is 4.17. The van der Waals surface area contributed by atoms with E-state index in [1.54, 1.807) is 6.20 Å². The maximum absolute atomic E-state index is 8.58. The molecule has 2 N–H and O–H groups in total. The average Bonchev–Trinajstić information content (AvgIpc) is 2.19. The summed E-state index contributed by atoms with van der Waals surface area (Å²) in [5, 5.41) is 9.39. The zero-order valence-corrected chi connectivity index (χ0v) is 8.21. The van der Waals surface area contributed by atoms with Crippen molar-refractivity contribution in [1.82, 2.24) is 4.98 Å². The van der Waals surface area contributed by atoms with E-state index in [1.807, 2.05) is 19.1 Å². The highest BCUT2D eigenvalue weighted by atomic mass is 32.2. The summed E-state index contributed by atoms with van der Waals surface area (Å²) in [6, 6.07) is 5.96. The van der Waals surface area contributed by atoms with Crippen molar-refractivity contribution in [3.8, 4) is 6.07 Å². The van der Waals surface area contributed by atoms with Crippen LogP contribution in [0.5, 0.6) is 0 Å². The number of hydrogen-bond acceptors (Lipinski definition) is 4. The summed E-state index contributed by atoms with van der Waals surface area (Å²) in [6.45, 7) is 2.36. The third-order valence-electron chi connectivity index (χ3n) is 1.51. The Morgan fingerprint density at radius 1 is 1.69 bits per heavy atom. The van der Waals surface area contributed by atoms with Gasteiger partial charge in [-0.3, -0.25) is 0 Å². The minimum Gasteiger partial charge on any atom is -0.326 e. The molecule has 1 atom stereocenters. The van der Waals surface area contributed by atoms with Crippen LogP contribution in [0, 0.1) is 11.3 Å². The van der Waals surface area contributed by atoms with E-state index in [2.05, 4.69) is 11.1 Å². The van der Waals surface area contributed by atoms with E-state index in [0.29, 0.717) is 6.54 Å². The third kappa shape index (κ3) is 3.05. The molecule has 1 heterocycles. The third-order valence-corrected chi connectivity index (χ3v) is 2.45. The second-order valence-electron chi connectivity index (χ2n) is 2.60. The van der Waals surface area contributed by atoms with Crippen LogP contribution in [0.2, 0.25) is 0 Å². The van der Waals surface area contributed by atoms with Crippen LogP contribution in [-0.2, 0) is 6.54 Å². The topological polar surface area (TPSA) is 62.7 Å². The second kappa shape index (κ2) is 4.85. The Balaban J connectivity index is 2.65. The van der Waals surface area contributed by atoms with Crippen molar-refractivity contribution in [2.75, 3.05) is 0 Å². The number of aromatic nitrogens is 1. The normalized spacial score (nSPS) is 12.1. The molecule has 1 rings (SSSR count). The lowest BCUT2D eigenvalue weighted by Crippen LogP contribution is -1.97. The first kappa shape index (κ1) is 10.0. The molecule has 68 valence electrons. The van der Waals surface area contributed by atoms with Crippen molar-refractivity contribution in [2.45, 2.75) is 23.7 Å². The van der Waals surface area contributed by atoms with Crippen molar-refractivity contribution in [1.29, 1.82) is 5.26 Å². The summed E-state index contributed by atoms with van der Waals surface area (Å²) >= 11 is 1.45. The van der Waals surface area contributed by atoms with Crippen LogP contribution in [0.1, 0.15) is 12.5 Å². The molecular formula is C9H11N3S. The minimum atomic E-state index is -0.0590. The summed E-state index contributed by atoms with van der Waals surface area (Å²) in [7, 11) is 0. The van der Waals surface area contributed by atoms with Crippen LogP contribution in [0.3, 0.4) is 0 Å². The van der Waals surface area contributed by atoms with Gasteiger partial charge in [0.05, 0.1) is 16.3 Å². The summed E-state index contributed by atoms with van der Waals surface area (Å²) in [6.07, 6.45) is 1.74. The molecule has 0 saturated carbocycles. The molecule has 0 aliphatic rings. The Bertz CT molecular complexity index is 302. The van der Waals surface area contributed by atoms with Gasteiger partial charge in [0.15, 0.2) is 0 Å². The Kier molecular flexibility index (Phi) is 3.74. The van der Waals surface area contributed by atoms with Crippen LogP contribution in [0.25, 0.3) is 0 Å². The standard InChI is InChI=1S/C9H11N3S/c1-7(4-10)13-9-3-2-8(5-11)6-12-9/h2-3,6-7H,5,11H2,1H3. The molecule has 4 heteroatoms. The van der Waals surface area contributed by atoms with E-state index in [4.69, 9.17) is 11.0 Å². The van der Waals surface area contributed by atoms with E-state index in [1.165, 1.54) is 11.8 Å². The molecule has 1 unspecified atom stereocenters. The molecule has 0 aliphatic carbocycles. The van der Waals surface area contributed by atoms with Gasteiger partial charge in [-0.1, -0.05) is 17.8 Å². The van der Waals surface area contributed by atoms with Gasteiger partial charge in [-0.2, -0.15) is 5.26 Å². The van der Waals surface area contributed by atoms with Crippen LogP contribution < -0.4 is 5.73 Å². The van der Waals surface area contributed by atoms with Crippen LogP contribution in [0.15, 0.2) is 23.4 Å². The van der Waals surface area contributed by atoms with E-state index in [0.717, 1.165) is 10.6 Å². The molecule has 3 nitrogen and oxygen atoms in total. The Hall–Kier alpha value is -1.05. The molecule has 0 aromatic carbocycles. The molecule has 1 aromatic heterocycles. The average molecular weight is 193 g/mol. The van der Waals surface area contributed by atoms with E-state index in [-0.39, 0.29) is 5.25 Å². The SMILES string of the molecule is CC(C#N)Sc1ccc(CN)cn1. The highest BCUT2D eigenvalue weighted by Gasteiger charge is 2.02. The summed E-state index contributed by atoms with van der Waals surface area (Å²) in [5.74, 6) is 0. The predicted molar refractivity (Wildman–Crippen MR) is 53.1 cm³/mol. The van der Waals surface area contributed by atoms with Crippen LogP contribution >= 0.6 is 11.8 Å². The van der Waals surface area contributed by atoms with Gasteiger partial charge < -0.3 is 5.73 Å². The van der Waals surface area contributed by atoms with Gasteiger partial charge in [-0.25, -0.2) is 4.98 Å². The minimum absolute atomic E-state index is 0.0590. The summed E-state index contributed by atoms with van der Waals surface area (Å²) < 4.78 is 0. The van der Waals surface area contributed by atoms with Crippen molar-refractivity contribution in [3.63, 3.8) is 0 Å². The number of thioether (sulfide) groups is 1. The Morgan fingerprint density at radius 3 is 2.92 bits per heavy atom. The Morgan fingerprint density at radius 2 is 2.46 bits per heavy atom. The van der Waals surface area contributed by atoms with Gasteiger partial charge >= 0.3 is 0 Å². The highest BCUT2D eigenvalue weighted by molar-refractivity contribution is 8.00. The number of pyridine rings is 1. The zero-order valence-electron chi connectivity index (χ0n) is 7.40. The van der Waals surface area contributed by atoms with Gasteiger partial charge in [0, 0.05) is 12.7 Å². The predicted octanol–water partition coefficient (Wildman–Crippen LogP) is 1.54. The molecule has 13 heavy (non-hydrogen) atoms. The van der Waals surface area contributed by atoms with Gasteiger partial charge in [0.2, 0.25) is 0 Å². The fourth-order valence-corrected chi connectivity index (χ4v) is 1.48. The molecule has 0 spiro atoms. The van der Waals surface area contributed by atoms with Gasteiger partial charge in [-0.15, -0.1) is 0 Å². The maximum atomic E-state index is 8.58. The maximum Gasteiger partial charge on any atom is 0.0972 e. The largest absolute Gasteiger partial charge is 0.326 e. The quantitative estimate of drug-likeness (QED) is 0.740. The van der Waals surface area contributed by atoms with Crippen molar-refractivity contribution in [3.05, 3.63) is 23.9 Å². The van der Waals surface area contributed by atoms with Crippen molar-refractivity contribution >= 4 is 11.8 Å². The molecule has 1 aromatic rings. The highest BCUT2D eigenvalue weighted by Crippen LogP contribution is 2.19. The monoisotopic (exact) mass is 193 g/mol. The molecule has 0 saturated heterocycles. The van der Waals surface area contributed by atoms with E-state index >= 15 is 0 Å². The number of hydrogen-bond donors (Lipinski definition) is 1. The molecule has 0 aliphatic heterocycles. The fraction of sp³-hybridized carbons (Fsp3) is 0.333. The fourth-order valence-electron chi connectivity index (χ4n) is 0.809. The smallest absolute Gasteiger partial charge is 0.0972 e. The van der Waals surface area contributed by atoms with Gasteiger partial charge in [0.1, 0.15) is 0 Å². The molecule has 0 amide bonds. The number of nitrogens with two attached hydrogens (primary N) is 1. The van der Waals surface area contributed by atoms with E-state index < -0.39 is 0 Å². The first-order valence-corrected chi connectivity index (χ1v) is 4.85. The molecular weight excluding hydrogens is 182 g/mol. The van der Waals surface area contributed by atoms with E-state index in [9.17, 15) is 0 Å². The van der Waals surface area contributed by atoms with Crippen LogP contribution in [0.4, 0.5) is 0 Å². The van der Waals surface area contributed by atoms with Crippen molar-refractivity contribution < 1.29 is 0 Å². The summed E-state index contributed by atoms with van der Waals surface area (Å²) in [5.41, 5.74) is 6.44. The van der Waals surface area contributed by atoms with Gasteiger partial charge in [0.25, 0.3) is 0 Å². The number of nitrogens with zero attached hydrogens (tertiary/aromatic N) is 2. The number of rotatable bonds is 3. The second-order valence-corrected chi connectivity index (χ2v) is 3.96. The molecule has 0 radical (unpaired) electrons. The lowest BCUT2D eigenvalue weighted by molar-refractivity contribution is 1.01. The zero-order chi connectivity index (χ0) is 9.68. The van der Waals surface area contributed by atoms with Crippen molar-refractivity contribution in [2.24, 2.45) is 5.73 Å². The first-order valence-electron chi connectivity index (χ1n) is 3.97. The molecule has 0 fully saturated rings. The van der Waals surface area contributed by atoms with Gasteiger partial charge in [-0.05, 0) is 18.6 Å². The lowest BCUT2D eigenvalue weighted by atomic mass is 10.3. The Labute approximate surface area is 82.0 Å². The molecule has 0 bridgehead atoms. The van der Waals surface area contributed by atoms with Crippen LogP contribution in [-0.4, -0.2) is 10.2 Å². The number of nitriles is 1.